The monoisotopic (exact) mass is 457 g/mol. The molecular weight excluding hydrogens is 442 g/mol. The second-order valence-electron chi connectivity index (χ2n) is 5.83. The van der Waals surface area contributed by atoms with E-state index >= 15 is 0 Å². The van der Waals surface area contributed by atoms with Crippen LogP contribution in [0.1, 0.15) is 25.5 Å². The molecule has 1 aliphatic carbocycles. The summed E-state index contributed by atoms with van der Waals surface area (Å²) in [4.78, 5) is 28.4. The number of benzene rings is 1. The second kappa shape index (κ2) is 8.37. The molecule has 0 radical (unpaired) electrons. The van der Waals surface area contributed by atoms with Gasteiger partial charge in [-0.25, -0.2) is 4.98 Å². The molecule has 0 saturated heterocycles. The Morgan fingerprint density at radius 2 is 2.15 bits per heavy atom. The number of carbonyl (C=O) groups excluding carboxylic acids is 2. The van der Waals surface area contributed by atoms with Crippen molar-refractivity contribution in [3.05, 3.63) is 32.7 Å². The van der Waals surface area contributed by atoms with Crippen molar-refractivity contribution in [3.8, 4) is 5.75 Å². The summed E-state index contributed by atoms with van der Waals surface area (Å²) in [6, 6.07) is 3.34. The standard InChI is InChI=1S/C17H17BrClN3O3S/c1-2-25-15-12(18)5-10(19)6-13(15)21-14(23)7-11-8-26-17(20-11)22-16(24)9-3-4-9/h5-6,8-9H,2-4,7H2,1H3,(H,21,23)(H,20,22,24). The minimum Gasteiger partial charge on any atom is -0.491 e. The summed E-state index contributed by atoms with van der Waals surface area (Å²) >= 11 is 10.8. The highest BCUT2D eigenvalue weighted by Gasteiger charge is 2.30. The summed E-state index contributed by atoms with van der Waals surface area (Å²) in [6.07, 6.45) is 1.96. The van der Waals surface area contributed by atoms with Gasteiger partial charge in [-0.1, -0.05) is 11.6 Å². The molecule has 2 N–H and O–H groups in total. The smallest absolute Gasteiger partial charge is 0.230 e. The highest BCUT2D eigenvalue weighted by atomic mass is 79.9. The Balaban J connectivity index is 1.64. The average molecular weight is 459 g/mol. The predicted octanol–water partition coefficient (Wildman–Crippen LogP) is 4.49. The van der Waals surface area contributed by atoms with Crippen LogP contribution in [-0.4, -0.2) is 23.4 Å². The van der Waals surface area contributed by atoms with Gasteiger partial charge in [0.1, 0.15) is 0 Å². The normalized spacial score (nSPS) is 13.3. The fourth-order valence-corrected chi connectivity index (χ4v) is 3.94. The molecule has 1 fully saturated rings. The van der Waals surface area contributed by atoms with E-state index in [0.717, 1.165) is 12.8 Å². The van der Waals surface area contributed by atoms with Crippen molar-refractivity contribution in [1.82, 2.24) is 4.98 Å². The van der Waals surface area contributed by atoms with Gasteiger partial charge in [0.25, 0.3) is 0 Å². The third-order valence-corrected chi connectivity index (χ3v) is 5.26. The molecular formula is C17H17BrClN3O3S. The number of nitrogens with zero attached hydrogens (tertiary/aromatic N) is 1. The molecule has 138 valence electrons. The number of rotatable bonds is 7. The van der Waals surface area contributed by atoms with Crippen molar-refractivity contribution in [2.45, 2.75) is 26.2 Å². The zero-order valence-corrected chi connectivity index (χ0v) is 17.1. The number of thiazole rings is 1. The molecule has 1 saturated carbocycles. The van der Waals surface area contributed by atoms with Crippen LogP contribution in [-0.2, 0) is 16.0 Å². The van der Waals surface area contributed by atoms with E-state index in [1.165, 1.54) is 11.3 Å². The Bertz CT molecular complexity index is 839. The number of hydrogen-bond donors (Lipinski definition) is 2. The predicted molar refractivity (Wildman–Crippen MR) is 106 cm³/mol. The van der Waals surface area contributed by atoms with Crippen LogP contribution in [0.3, 0.4) is 0 Å². The number of nitrogens with one attached hydrogen (secondary N) is 2. The molecule has 0 unspecified atom stereocenters. The molecule has 3 rings (SSSR count). The number of carbonyl (C=O) groups is 2. The summed E-state index contributed by atoms with van der Waals surface area (Å²) in [5, 5.41) is 8.35. The minimum atomic E-state index is -0.245. The highest BCUT2D eigenvalue weighted by Crippen LogP contribution is 2.36. The molecule has 1 aliphatic rings. The van der Waals surface area contributed by atoms with Gasteiger partial charge < -0.3 is 15.4 Å². The van der Waals surface area contributed by atoms with E-state index in [-0.39, 0.29) is 24.2 Å². The zero-order valence-electron chi connectivity index (χ0n) is 14.0. The van der Waals surface area contributed by atoms with Crippen molar-refractivity contribution < 1.29 is 14.3 Å². The highest BCUT2D eigenvalue weighted by molar-refractivity contribution is 9.10. The Morgan fingerprint density at radius 3 is 2.85 bits per heavy atom. The van der Waals surface area contributed by atoms with Crippen LogP contribution in [0, 0.1) is 5.92 Å². The first-order chi connectivity index (χ1) is 12.5. The van der Waals surface area contributed by atoms with Crippen molar-refractivity contribution >= 4 is 61.5 Å². The van der Waals surface area contributed by atoms with Crippen LogP contribution in [0.5, 0.6) is 5.75 Å². The van der Waals surface area contributed by atoms with E-state index in [9.17, 15) is 9.59 Å². The SMILES string of the molecule is CCOc1c(Br)cc(Cl)cc1NC(=O)Cc1csc(NC(=O)C2CC2)n1. The third-order valence-electron chi connectivity index (χ3n) is 3.64. The van der Waals surface area contributed by atoms with Crippen molar-refractivity contribution in [3.63, 3.8) is 0 Å². The lowest BCUT2D eigenvalue weighted by molar-refractivity contribution is -0.117. The molecule has 0 atom stereocenters. The molecule has 26 heavy (non-hydrogen) atoms. The van der Waals surface area contributed by atoms with Gasteiger partial charge in [0.2, 0.25) is 11.8 Å². The number of anilines is 2. The minimum absolute atomic E-state index is 0.000449. The average Bonchev–Trinajstić information content (AvgIpc) is 3.33. The number of halogens is 2. The molecule has 6 nitrogen and oxygen atoms in total. The van der Waals surface area contributed by atoms with Crippen molar-refractivity contribution in [2.75, 3.05) is 17.2 Å². The van der Waals surface area contributed by atoms with Crippen LogP contribution in [0.25, 0.3) is 0 Å². The van der Waals surface area contributed by atoms with Gasteiger partial charge >= 0.3 is 0 Å². The van der Waals surface area contributed by atoms with Gasteiger partial charge in [-0.3, -0.25) is 9.59 Å². The van der Waals surface area contributed by atoms with Crippen molar-refractivity contribution in [1.29, 1.82) is 0 Å². The van der Waals surface area contributed by atoms with Gasteiger partial charge in [-0.15, -0.1) is 11.3 Å². The van der Waals surface area contributed by atoms with Crippen LogP contribution >= 0.6 is 38.9 Å². The van der Waals surface area contributed by atoms with E-state index in [1.54, 1.807) is 17.5 Å². The lowest BCUT2D eigenvalue weighted by atomic mass is 10.2. The van der Waals surface area contributed by atoms with Gasteiger partial charge in [0.05, 0.1) is 28.9 Å². The summed E-state index contributed by atoms with van der Waals surface area (Å²) in [5.74, 6) is 0.399. The van der Waals surface area contributed by atoms with Crippen molar-refractivity contribution in [2.24, 2.45) is 5.92 Å². The molecule has 1 aromatic carbocycles. The largest absolute Gasteiger partial charge is 0.491 e. The van der Waals surface area contributed by atoms with E-state index < -0.39 is 0 Å². The maximum absolute atomic E-state index is 12.4. The Labute approximate surface area is 168 Å². The molecule has 9 heteroatoms. The lowest BCUT2D eigenvalue weighted by Gasteiger charge is -2.13. The van der Waals surface area contributed by atoms with Gasteiger partial charge in [0, 0.05) is 16.3 Å². The molecule has 0 aliphatic heterocycles. The topological polar surface area (TPSA) is 80.3 Å². The fourth-order valence-electron chi connectivity index (χ4n) is 2.30. The van der Waals surface area contributed by atoms with Crippen LogP contribution < -0.4 is 15.4 Å². The molecule has 2 aromatic rings. The van der Waals surface area contributed by atoms with Gasteiger partial charge in [-0.05, 0) is 47.8 Å². The maximum atomic E-state index is 12.4. The summed E-state index contributed by atoms with van der Waals surface area (Å²) in [6.45, 7) is 2.32. The summed E-state index contributed by atoms with van der Waals surface area (Å²) in [5.41, 5.74) is 1.09. The first kappa shape index (κ1) is 19.1. The fraction of sp³-hybridized carbons (Fsp3) is 0.353. The van der Waals surface area contributed by atoms with E-state index in [1.807, 2.05) is 6.92 Å². The first-order valence-corrected chi connectivity index (χ1v) is 10.2. The first-order valence-electron chi connectivity index (χ1n) is 8.13. The third kappa shape index (κ3) is 4.96. The second-order valence-corrected chi connectivity index (χ2v) is 7.98. The zero-order chi connectivity index (χ0) is 18.7. The van der Waals surface area contributed by atoms with Crippen LogP contribution in [0.2, 0.25) is 5.02 Å². The Hall–Kier alpha value is -1.64. The quantitative estimate of drug-likeness (QED) is 0.641. The van der Waals surface area contributed by atoms with Crippen LogP contribution in [0.15, 0.2) is 22.0 Å². The van der Waals surface area contributed by atoms with Gasteiger partial charge in [-0.2, -0.15) is 0 Å². The molecule has 2 amide bonds. The number of amides is 2. The summed E-state index contributed by atoms with van der Waals surface area (Å²) in [7, 11) is 0. The van der Waals surface area contributed by atoms with E-state index in [0.29, 0.717) is 38.4 Å². The van der Waals surface area contributed by atoms with E-state index in [2.05, 4.69) is 31.5 Å². The Morgan fingerprint density at radius 1 is 1.38 bits per heavy atom. The van der Waals surface area contributed by atoms with E-state index in [4.69, 9.17) is 16.3 Å². The lowest BCUT2D eigenvalue weighted by Crippen LogP contribution is -2.16. The molecule has 0 spiro atoms. The maximum Gasteiger partial charge on any atom is 0.230 e. The van der Waals surface area contributed by atoms with Gasteiger partial charge in [0.15, 0.2) is 10.9 Å². The molecule has 0 bridgehead atoms. The number of aromatic nitrogens is 1. The van der Waals surface area contributed by atoms with Crippen LogP contribution in [0.4, 0.5) is 10.8 Å². The summed E-state index contributed by atoms with van der Waals surface area (Å²) < 4.78 is 6.24. The number of ether oxygens (including phenoxy) is 1. The molecule has 1 aromatic heterocycles. The molecule has 1 heterocycles. The Kier molecular flexibility index (Phi) is 6.16. The number of hydrogen-bond acceptors (Lipinski definition) is 5.